The van der Waals surface area contributed by atoms with Crippen LogP contribution in [0.5, 0.6) is 0 Å². The molecule has 2 N–H and O–H groups in total. The van der Waals surface area contributed by atoms with E-state index in [-0.39, 0.29) is 11.3 Å². The van der Waals surface area contributed by atoms with Crippen LogP contribution in [0.3, 0.4) is 0 Å². The molecular formula is C19H18N4O3. The van der Waals surface area contributed by atoms with Gasteiger partial charge in [-0.3, -0.25) is 14.9 Å². The normalized spacial score (nSPS) is 10.9. The smallest absolute Gasteiger partial charge is 0.269 e. The van der Waals surface area contributed by atoms with E-state index in [1.165, 1.54) is 30.5 Å². The molecule has 0 radical (unpaired) electrons. The van der Waals surface area contributed by atoms with E-state index in [9.17, 15) is 20.2 Å². The first-order valence-electron chi connectivity index (χ1n) is 7.93. The molecule has 0 saturated carbocycles. The summed E-state index contributed by atoms with van der Waals surface area (Å²) in [4.78, 5) is 22.3. The molecule has 0 fully saturated rings. The number of hydrogen-bond acceptors (Lipinski definition) is 5. The maximum absolute atomic E-state index is 12.2. The second-order valence-corrected chi connectivity index (χ2v) is 5.85. The molecule has 26 heavy (non-hydrogen) atoms. The number of carbonyl (C=O) groups excluding carboxylic acids is 1. The predicted octanol–water partition coefficient (Wildman–Crippen LogP) is 4.18. The van der Waals surface area contributed by atoms with E-state index in [0.29, 0.717) is 17.3 Å². The van der Waals surface area contributed by atoms with Gasteiger partial charge in [0.05, 0.1) is 4.92 Å². The summed E-state index contributed by atoms with van der Waals surface area (Å²) in [6, 6.07) is 14.9. The first-order valence-corrected chi connectivity index (χ1v) is 7.93. The molecule has 2 aromatic carbocycles. The van der Waals surface area contributed by atoms with Gasteiger partial charge in [-0.2, -0.15) is 5.26 Å². The van der Waals surface area contributed by atoms with Gasteiger partial charge in [-0.05, 0) is 35.7 Å². The van der Waals surface area contributed by atoms with Gasteiger partial charge in [0.25, 0.3) is 11.6 Å². The Morgan fingerprint density at radius 3 is 2.19 bits per heavy atom. The van der Waals surface area contributed by atoms with Crippen LogP contribution in [0.15, 0.2) is 60.3 Å². The molecule has 0 aliphatic rings. The molecule has 0 aliphatic heterocycles. The maximum atomic E-state index is 12.2. The second kappa shape index (κ2) is 8.44. The number of benzene rings is 2. The third-order valence-corrected chi connectivity index (χ3v) is 3.66. The number of nitriles is 1. The number of rotatable bonds is 6. The van der Waals surface area contributed by atoms with Crippen LogP contribution in [0.4, 0.5) is 17.1 Å². The lowest BCUT2D eigenvalue weighted by molar-refractivity contribution is -0.384. The van der Waals surface area contributed by atoms with Crippen LogP contribution in [-0.4, -0.2) is 10.8 Å². The Labute approximate surface area is 151 Å². The maximum Gasteiger partial charge on any atom is 0.269 e. The molecule has 7 heteroatoms. The Hall–Kier alpha value is -3.66. The summed E-state index contributed by atoms with van der Waals surface area (Å²) < 4.78 is 0. The molecule has 0 heterocycles. The minimum atomic E-state index is -0.542. The van der Waals surface area contributed by atoms with Crippen molar-refractivity contribution in [1.82, 2.24) is 0 Å². The molecular weight excluding hydrogens is 332 g/mol. The number of carbonyl (C=O) groups is 1. The van der Waals surface area contributed by atoms with Crippen molar-refractivity contribution in [2.75, 3.05) is 10.6 Å². The first-order chi connectivity index (χ1) is 12.4. The fraction of sp³-hybridized carbons (Fsp3) is 0.158. The standard InChI is InChI=1S/C19H18N4O3/c1-13(2)14-3-5-17(6-4-14)22-19(24)15(11-20)12-21-16-7-9-18(10-8-16)23(25)26/h3-10,12-13,21H,1-2H3,(H,22,24)/b15-12-. The molecule has 132 valence electrons. The Morgan fingerprint density at radius 2 is 1.69 bits per heavy atom. The van der Waals surface area contributed by atoms with Gasteiger partial charge in [0.2, 0.25) is 0 Å². The SMILES string of the molecule is CC(C)c1ccc(NC(=O)/C(C#N)=C\Nc2ccc([N+](=O)[O-])cc2)cc1. The Kier molecular flexibility index (Phi) is 6.06. The van der Waals surface area contributed by atoms with E-state index >= 15 is 0 Å². The van der Waals surface area contributed by atoms with Crippen LogP contribution >= 0.6 is 0 Å². The summed E-state index contributed by atoms with van der Waals surface area (Å²) >= 11 is 0. The van der Waals surface area contributed by atoms with Crippen LogP contribution in [0.1, 0.15) is 25.3 Å². The average Bonchev–Trinajstić information content (AvgIpc) is 2.63. The average molecular weight is 350 g/mol. The van der Waals surface area contributed by atoms with Gasteiger partial charge in [-0.15, -0.1) is 0 Å². The summed E-state index contributed by atoms with van der Waals surface area (Å²) in [6.45, 7) is 4.15. The lowest BCUT2D eigenvalue weighted by Gasteiger charge is -2.08. The third-order valence-electron chi connectivity index (χ3n) is 3.66. The molecule has 0 saturated heterocycles. The highest BCUT2D eigenvalue weighted by Gasteiger charge is 2.10. The van der Waals surface area contributed by atoms with Crippen molar-refractivity contribution < 1.29 is 9.72 Å². The molecule has 7 nitrogen and oxygen atoms in total. The van der Waals surface area contributed by atoms with E-state index in [0.717, 1.165) is 5.56 Å². The minimum Gasteiger partial charge on any atom is -0.360 e. The largest absolute Gasteiger partial charge is 0.360 e. The number of non-ortho nitro benzene ring substituents is 1. The summed E-state index contributed by atoms with van der Waals surface area (Å²) in [5, 5.41) is 25.2. The minimum absolute atomic E-state index is 0.0392. The molecule has 0 unspecified atom stereocenters. The summed E-state index contributed by atoms with van der Waals surface area (Å²) in [5.74, 6) is -0.153. The molecule has 0 spiro atoms. The van der Waals surface area contributed by atoms with Gasteiger partial charge in [-0.25, -0.2) is 0 Å². The molecule has 0 aliphatic carbocycles. The number of amides is 1. The van der Waals surface area contributed by atoms with Crippen molar-refractivity contribution >= 4 is 23.0 Å². The van der Waals surface area contributed by atoms with E-state index in [1.54, 1.807) is 12.1 Å². The first kappa shape index (κ1) is 18.7. The van der Waals surface area contributed by atoms with Crippen molar-refractivity contribution in [1.29, 1.82) is 5.26 Å². The number of nitro groups is 1. The van der Waals surface area contributed by atoms with Gasteiger partial charge in [0, 0.05) is 29.7 Å². The molecule has 2 aromatic rings. The number of anilines is 2. The molecule has 0 bridgehead atoms. The van der Waals surface area contributed by atoms with Crippen molar-refractivity contribution in [3.05, 3.63) is 76.0 Å². The van der Waals surface area contributed by atoms with Gasteiger partial charge in [0.1, 0.15) is 11.6 Å². The van der Waals surface area contributed by atoms with E-state index in [4.69, 9.17) is 0 Å². The van der Waals surface area contributed by atoms with Gasteiger partial charge < -0.3 is 10.6 Å². The fourth-order valence-corrected chi connectivity index (χ4v) is 2.13. The van der Waals surface area contributed by atoms with E-state index in [1.807, 2.05) is 18.2 Å². The summed E-state index contributed by atoms with van der Waals surface area (Å²) in [6.07, 6.45) is 1.26. The monoisotopic (exact) mass is 350 g/mol. The third kappa shape index (κ3) is 4.92. The Bertz CT molecular complexity index is 863. The van der Waals surface area contributed by atoms with Gasteiger partial charge in [0.15, 0.2) is 0 Å². The van der Waals surface area contributed by atoms with Crippen molar-refractivity contribution in [3.63, 3.8) is 0 Å². The molecule has 0 aromatic heterocycles. The van der Waals surface area contributed by atoms with Crippen molar-refractivity contribution in [2.24, 2.45) is 0 Å². The van der Waals surface area contributed by atoms with Crippen LogP contribution in [0, 0.1) is 21.4 Å². The number of nitro benzene ring substituents is 1. The van der Waals surface area contributed by atoms with Crippen molar-refractivity contribution in [3.8, 4) is 6.07 Å². The number of nitrogens with one attached hydrogen (secondary N) is 2. The quantitative estimate of drug-likeness (QED) is 0.352. The second-order valence-electron chi connectivity index (χ2n) is 5.85. The summed E-state index contributed by atoms with van der Waals surface area (Å²) in [7, 11) is 0. The van der Waals surface area contributed by atoms with Gasteiger partial charge in [-0.1, -0.05) is 26.0 Å². The topological polar surface area (TPSA) is 108 Å². The Morgan fingerprint density at radius 1 is 1.12 bits per heavy atom. The van der Waals surface area contributed by atoms with Gasteiger partial charge >= 0.3 is 0 Å². The highest BCUT2D eigenvalue weighted by molar-refractivity contribution is 6.06. The van der Waals surface area contributed by atoms with E-state index < -0.39 is 10.8 Å². The zero-order chi connectivity index (χ0) is 19.1. The lowest BCUT2D eigenvalue weighted by Crippen LogP contribution is -2.14. The van der Waals surface area contributed by atoms with Crippen LogP contribution < -0.4 is 10.6 Å². The van der Waals surface area contributed by atoms with Crippen LogP contribution in [-0.2, 0) is 4.79 Å². The molecule has 1 amide bonds. The predicted molar refractivity (Wildman–Crippen MR) is 99.6 cm³/mol. The van der Waals surface area contributed by atoms with Crippen LogP contribution in [0.25, 0.3) is 0 Å². The molecule has 2 rings (SSSR count). The summed E-state index contributed by atoms with van der Waals surface area (Å²) in [5.41, 5.74) is 2.12. The fourth-order valence-electron chi connectivity index (χ4n) is 2.13. The Balaban J connectivity index is 2.04. The van der Waals surface area contributed by atoms with E-state index in [2.05, 4.69) is 24.5 Å². The highest BCUT2D eigenvalue weighted by Crippen LogP contribution is 2.18. The highest BCUT2D eigenvalue weighted by atomic mass is 16.6. The number of hydrogen-bond donors (Lipinski definition) is 2. The zero-order valence-corrected chi connectivity index (χ0v) is 14.4. The zero-order valence-electron chi connectivity index (χ0n) is 14.4. The lowest BCUT2D eigenvalue weighted by atomic mass is 10.0. The van der Waals surface area contributed by atoms with Crippen LogP contribution in [0.2, 0.25) is 0 Å². The molecule has 0 atom stereocenters. The number of nitrogens with zero attached hydrogens (tertiary/aromatic N) is 2. The van der Waals surface area contributed by atoms with Crippen molar-refractivity contribution in [2.45, 2.75) is 19.8 Å².